The highest BCUT2D eigenvalue weighted by atomic mass is 16.5. The molecule has 0 bridgehead atoms. The lowest BCUT2D eigenvalue weighted by Gasteiger charge is -2.28. The van der Waals surface area contributed by atoms with E-state index < -0.39 is 0 Å². The molecule has 0 aliphatic rings. The van der Waals surface area contributed by atoms with Gasteiger partial charge in [0.15, 0.2) is 0 Å². The molecule has 84 valence electrons. The minimum atomic E-state index is -0.144. The minimum Gasteiger partial charge on any atom is -0.494 e. The number of ether oxygens (including phenoxy) is 1. The van der Waals surface area contributed by atoms with E-state index in [4.69, 9.17) is 10.5 Å². The first kappa shape index (κ1) is 12.1. The molecular weight excluding hydrogens is 186 g/mol. The molecule has 2 heteroatoms. The number of hydrogen-bond acceptors (Lipinski definition) is 2. The van der Waals surface area contributed by atoms with Crippen molar-refractivity contribution < 1.29 is 4.74 Å². The van der Waals surface area contributed by atoms with Gasteiger partial charge in [0, 0.05) is 5.54 Å². The van der Waals surface area contributed by atoms with Crippen molar-refractivity contribution in [2.75, 3.05) is 6.61 Å². The maximum absolute atomic E-state index is 6.14. The second-order valence-corrected chi connectivity index (χ2v) is 4.57. The zero-order valence-electron chi connectivity index (χ0n) is 9.86. The van der Waals surface area contributed by atoms with Gasteiger partial charge in [-0.25, -0.2) is 0 Å². The highest BCUT2D eigenvalue weighted by Gasteiger charge is 2.22. The second-order valence-electron chi connectivity index (χ2n) is 4.57. The van der Waals surface area contributed by atoms with Crippen LogP contribution in [0.1, 0.15) is 27.2 Å². The van der Waals surface area contributed by atoms with Gasteiger partial charge in [-0.1, -0.05) is 32.0 Å². The lowest BCUT2D eigenvalue weighted by molar-refractivity contribution is 0.230. The topological polar surface area (TPSA) is 35.2 Å². The first-order chi connectivity index (χ1) is 7.02. The molecule has 1 rings (SSSR count). The molecule has 0 spiro atoms. The summed E-state index contributed by atoms with van der Waals surface area (Å²) in [6, 6.07) is 9.85. The van der Waals surface area contributed by atoms with E-state index in [-0.39, 0.29) is 5.54 Å². The molecule has 2 nitrogen and oxygen atoms in total. The number of rotatable bonds is 5. The van der Waals surface area contributed by atoms with Crippen molar-refractivity contribution in [3.63, 3.8) is 0 Å². The molecule has 0 amide bonds. The molecule has 0 saturated heterocycles. The summed E-state index contributed by atoms with van der Waals surface area (Å²) in [5, 5.41) is 0. The van der Waals surface area contributed by atoms with Crippen LogP contribution in [0.3, 0.4) is 0 Å². The Hall–Kier alpha value is -1.02. The Balaban J connectivity index is 2.34. The summed E-state index contributed by atoms with van der Waals surface area (Å²) in [6.07, 6.45) is 0.875. The molecule has 1 unspecified atom stereocenters. The summed E-state index contributed by atoms with van der Waals surface area (Å²) in [4.78, 5) is 0. The monoisotopic (exact) mass is 207 g/mol. The van der Waals surface area contributed by atoms with Crippen molar-refractivity contribution in [1.82, 2.24) is 0 Å². The van der Waals surface area contributed by atoms with Crippen LogP contribution in [0.2, 0.25) is 0 Å². The van der Waals surface area contributed by atoms with E-state index >= 15 is 0 Å². The van der Waals surface area contributed by atoms with Crippen molar-refractivity contribution in [2.24, 2.45) is 11.7 Å². The van der Waals surface area contributed by atoms with Crippen LogP contribution in [0.4, 0.5) is 0 Å². The molecule has 0 radical (unpaired) electrons. The summed E-state index contributed by atoms with van der Waals surface area (Å²) in [7, 11) is 0. The quantitative estimate of drug-likeness (QED) is 0.805. The molecular formula is C13H21NO. The fourth-order valence-corrected chi connectivity index (χ4v) is 1.19. The van der Waals surface area contributed by atoms with E-state index in [1.807, 2.05) is 30.3 Å². The summed E-state index contributed by atoms with van der Waals surface area (Å²) in [5.41, 5.74) is 6.00. The highest BCUT2D eigenvalue weighted by Crippen LogP contribution is 2.18. The summed E-state index contributed by atoms with van der Waals surface area (Å²) in [6.45, 7) is 7.03. The molecule has 15 heavy (non-hydrogen) atoms. The Morgan fingerprint density at radius 2 is 1.87 bits per heavy atom. The van der Waals surface area contributed by atoms with Crippen LogP contribution >= 0.6 is 0 Å². The fraction of sp³-hybridized carbons (Fsp3) is 0.538. The van der Waals surface area contributed by atoms with Gasteiger partial charge in [0.1, 0.15) is 5.75 Å². The predicted molar refractivity (Wildman–Crippen MR) is 64.0 cm³/mol. The van der Waals surface area contributed by atoms with E-state index in [1.54, 1.807) is 0 Å². The van der Waals surface area contributed by atoms with E-state index in [0.29, 0.717) is 12.5 Å². The number of benzene rings is 1. The first-order valence-electron chi connectivity index (χ1n) is 5.49. The Morgan fingerprint density at radius 3 is 2.40 bits per heavy atom. The number of para-hydroxylation sites is 1. The van der Waals surface area contributed by atoms with Crippen LogP contribution in [0.15, 0.2) is 30.3 Å². The summed E-state index contributed by atoms with van der Waals surface area (Å²) in [5.74, 6) is 1.38. The second kappa shape index (κ2) is 5.17. The molecule has 0 saturated carbocycles. The van der Waals surface area contributed by atoms with Crippen molar-refractivity contribution in [1.29, 1.82) is 0 Å². The Morgan fingerprint density at radius 1 is 1.27 bits per heavy atom. The molecule has 2 N–H and O–H groups in total. The molecule has 1 aromatic rings. The molecule has 0 aliphatic carbocycles. The van der Waals surface area contributed by atoms with Crippen LogP contribution in [-0.2, 0) is 0 Å². The van der Waals surface area contributed by atoms with Gasteiger partial charge in [0.05, 0.1) is 6.61 Å². The SMILES string of the molecule is CC(C)C(C)(N)CCOc1ccccc1. The third kappa shape index (κ3) is 3.92. The van der Waals surface area contributed by atoms with E-state index in [1.165, 1.54) is 0 Å². The highest BCUT2D eigenvalue weighted by molar-refractivity contribution is 5.20. The van der Waals surface area contributed by atoms with E-state index in [2.05, 4.69) is 20.8 Å². The maximum atomic E-state index is 6.14. The predicted octanol–water partition coefficient (Wildman–Crippen LogP) is 2.83. The van der Waals surface area contributed by atoms with Crippen LogP contribution in [0, 0.1) is 5.92 Å². The third-order valence-corrected chi connectivity index (χ3v) is 2.97. The van der Waals surface area contributed by atoms with Gasteiger partial charge in [-0.3, -0.25) is 0 Å². The van der Waals surface area contributed by atoms with Crippen molar-refractivity contribution >= 4 is 0 Å². The molecule has 0 aliphatic heterocycles. The Kier molecular flexibility index (Phi) is 4.15. The molecule has 0 fully saturated rings. The Bertz CT molecular complexity index is 280. The minimum absolute atomic E-state index is 0.144. The van der Waals surface area contributed by atoms with E-state index in [0.717, 1.165) is 12.2 Å². The van der Waals surface area contributed by atoms with Crippen LogP contribution in [0.5, 0.6) is 5.75 Å². The van der Waals surface area contributed by atoms with Crippen molar-refractivity contribution in [3.05, 3.63) is 30.3 Å². The van der Waals surface area contributed by atoms with Gasteiger partial charge < -0.3 is 10.5 Å². The first-order valence-corrected chi connectivity index (χ1v) is 5.49. The molecule has 0 aromatic heterocycles. The van der Waals surface area contributed by atoms with Gasteiger partial charge in [-0.05, 0) is 31.4 Å². The lowest BCUT2D eigenvalue weighted by Crippen LogP contribution is -2.42. The van der Waals surface area contributed by atoms with Crippen LogP contribution in [-0.4, -0.2) is 12.1 Å². The van der Waals surface area contributed by atoms with Gasteiger partial charge >= 0.3 is 0 Å². The zero-order valence-corrected chi connectivity index (χ0v) is 9.86. The number of hydrogen-bond donors (Lipinski definition) is 1. The van der Waals surface area contributed by atoms with Gasteiger partial charge in [0.2, 0.25) is 0 Å². The normalized spacial score (nSPS) is 15.0. The van der Waals surface area contributed by atoms with Crippen LogP contribution in [0.25, 0.3) is 0 Å². The van der Waals surface area contributed by atoms with E-state index in [9.17, 15) is 0 Å². The van der Waals surface area contributed by atoms with Gasteiger partial charge in [0.25, 0.3) is 0 Å². The lowest BCUT2D eigenvalue weighted by atomic mass is 9.87. The van der Waals surface area contributed by atoms with Gasteiger partial charge in [-0.15, -0.1) is 0 Å². The average Bonchev–Trinajstić information content (AvgIpc) is 2.19. The van der Waals surface area contributed by atoms with Crippen LogP contribution < -0.4 is 10.5 Å². The standard InChI is InChI=1S/C13H21NO/c1-11(2)13(3,14)9-10-15-12-7-5-4-6-8-12/h4-8,11H,9-10,14H2,1-3H3. The smallest absolute Gasteiger partial charge is 0.119 e. The van der Waals surface area contributed by atoms with Crippen molar-refractivity contribution in [2.45, 2.75) is 32.7 Å². The maximum Gasteiger partial charge on any atom is 0.119 e. The molecule has 0 heterocycles. The number of nitrogens with two attached hydrogens (primary N) is 1. The van der Waals surface area contributed by atoms with Gasteiger partial charge in [-0.2, -0.15) is 0 Å². The third-order valence-electron chi connectivity index (χ3n) is 2.97. The average molecular weight is 207 g/mol. The zero-order chi connectivity index (χ0) is 11.3. The summed E-state index contributed by atoms with van der Waals surface area (Å²) >= 11 is 0. The fourth-order valence-electron chi connectivity index (χ4n) is 1.19. The van der Waals surface area contributed by atoms with Crippen molar-refractivity contribution in [3.8, 4) is 5.75 Å². The Labute approximate surface area is 92.4 Å². The largest absolute Gasteiger partial charge is 0.494 e. The molecule has 1 atom stereocenters. The summed E-state index contributed by atoms with van der Waals surface area (Å²) < 4.78 is 5.61. The molecule has 1 aromatic carbocycles.